The fourth-order valence-electron chi connectivity index (χ4n) is 8.17. The number of hydrogen-bond donors (Lipinski definition) is 3. The molecule has 1 aliphatic carbocycles. The fraction of sp³-hybridized carbons (Fsp3) is 0.660. The summed E-state index contributed by atoms with van der Waals surface area (Å²) in [6, 6.07) is 9.65. The molecule has 4 atom stereocenters. The number of piperazine rings is 1. The summed E-state index contributed by atoms with van der Waals surface area (Å²) in [6.07, 6.45) is 8.68. The molecule has 66 heavy (non-hydrogen) atoms. The summed E-state index contributed by atoms with van der Waals surface area (Å²) < 4.78 is 59.4. The van der Waals surface area contributed by atoms with Gasteiger partial charge in [0.25, 0.3) is 0 Å². The molecule has 1 aromatic heterocycles. The summed E-state index contributed by atoms with van der Waals surface area (Å²) in [6.45, 7) is 23.3. The van der Waals surface area contributed by atoms with Gasteiger partial charge < -0.3 is 30.4 Å². The number of amides is 3. The predicted molar refractivity (Wildman–Crippen MR) is 265 cm³/mol. The van der Waals surface area contributed by atoms with Crippen molar-refractivity contribution >= 4 is 70.4 Å². The van der Waals surface area contributed by atoms with Gasteiger partial charge >= 0.3 is 12.2 Å². The molecule has 3 heterocycles. The molecule has 0 bridgehead atoms. The third kappa shape index (κ3) is 16.1. The van der Waals surface area contributed by atoms with Gasteiger partial charge in [-0.25, -0.2) is 31.4 Å². The van der Waals surface area contributed by atoms with E-state index in [0.29, 0.717) is 36.3 Å². The van der Waals surface area contributed by atoms with E-state index in [1.807, 2.05) is 73.8 Å². The van der Waals surface area contributed by atoms with Gasteiger partial charge in [-0.2, -0.15) is 0 Å². The summed E-state index contributed by atoms with van der Waals surface area (Å²) >= 11 is 3.15. The highest BCUT2D eigenvalue weighted by Gasteiger charge is 2.39. The Labute approximate surface area is 402 Å². The van der Waals surface area contributed by atoms with Crippen LogP contribution in [0, 0.1) is 17.8 Å². The summed E-state index contributed by atoms with van der Waals surface area (Å²) in [5.41, 5.74) is 6.43. The molecule has 3 aromatic rings. The maximum atomic E-state index is 12.7. The molecule has 19 heteroatoms. The number of aromatic nitrogens is 2. The van der Waals surface area contributed by atoms with Crippen LogP contribution in [0.5, 0.6) is 0 Å². The normalized spacial score (nSPS) is 20.2. The predicted octanol–water partition coefficient (Wildman–Crippen LogP) is 8.37. The Bertz CT molecular complexity index is 2350. The Morgan fingerprint density at radius 3 is 1.82 bits per heavy atom. The summed E-state index contributed by atoms with van der Waals surface area (Å²) in [7, 11) is -4.33. The lowest BCUT2D eigenvalue weighted by atomic mass is 9.83. The number of anilines is 1. The minimum Gasteiger partial charge on any atom is -0.444 e. The van der Waals surface area contributed by atoms with Crippen LogP contribution in [-0.4, -0.2) is 117 Å². The van der Waals surface area contributed by atoms with Crippen LogP contribution in [0.1, 0.15) is 120 Å². The topological polar surface area (TPSA) is 212 Å². The first-order valence-electron chi connectivity index (χ1n) is 22.8. The Balaban J connectivity index is 0.000000254. The van der Waals surface area contributed by atoms with Crippen LogP contribution in [0.15, 0.2) is 50.7 Å². The molecule has 372 valence electrons. The standard InChI is InChI=1S/C19H27N3O4S.C12H22N2O3.C9H19N.C7H8BrNO2S/c1-12(2)16-17-20-14-8-7-13(27(6,24)25)11-15(14)21(17)9-10-22(16)18(23)26-19(3,4)5;1-8(2)9-10(15)13-6-7-14(9)11(16)17-12(3,4)5;1-3-8-6-4-5-7-9(8)10-2;1-12(10,11)5-2-3-7(9)6(8)4-5/h7-8,11-12,16H,9-10H2,1-6H3;8-9H,6-7H2,1-5H3,(H,13,15);8-10H,3-7H2,1-2H3;2-4H,9H2,1H3/t;;8-,9+;/m..0./s1. The molecule has 1 saturated carbocycles. The summed E-state index contributed by atoms with van der Waals surface area (Å²) in [5, 5.41) is 6.18. The molecule has 3 amide bonds. The number of imidazole rings is 1. The van der Waals surface area contributed by atoms with Gasteiger partial charge in [0, 0.05) is 54.9 Å². The van der Waals surface area contributed by atoms with E-state index in [2.05, 4.69) is 40.5 Å². The lowest BCUT2D eigenvalue weighted by molar-refractivity contribution is -0.130. The molecule has 16 nitrogen and oxygen atoms in total. The zero-order valence-corrected chi connectivity index (χ0v) is 44.7. The van der Waals surface area contributed by atoms with Crippen molar-refractivity contribution in [3.8, 4) is 0 Å². The number of hydrogen-bond acceptors (Lipinski definition) is 12. The average Bonchev–Trinajstić information content (AvgIpc) is 3.58. The van der Waals surface area contributed by atoms with Gasteiger partial charge in [0.05, 0.1) is 26.9 Å². The highest BCUT2D eigenvalue weighted by molar-refractivity contribution is 9.10. The van der Waals surface area contributed by atoms with Crippen molar-refractivity contribution in [1.29, 1.82) is 0 Å². The molecule has 2 aromatic carbocycles. The van der Waals surface area contributed by atoms with Crippen LogP contribution in [0.25, 0.3) is 11.0 Å². The minimum absolute atomic E-state index is 0.0721. The number of carbonyl (C=O) groups excluding carboxylic acids is 3. The fourth-order valence-corrected chi connectivity index (χ4v) is 9.99. The van der Waals surface area contributed by atoms with E-state index in [1.165, 1.54) is 55.4 Å². The second-order valence-electron chi connectivity index (χ2n) is 19.9. The second-order valence-corrected chi connectivity index (χ2v) is 24.7. The largest absolute Gasteiger partial charge is 0.444 e. The van der Waals surface area contributed by atoms with Gasteiger partial charge in [-0.05, 0) is 132 Å². The molecule has 4 N–H and O–H groups in total. The van der Waals surface area contributed by atoms with Crippen LogP contribution in [-0.2, 0) is 40.5 Å². The van der Waals surface area contributed by atoms with Crippen molar-refractivity contribution in [2.24, 2.45) is 17.8 Å². The van der Waals surface area contributed by atoms with Crippen molar-refractivity contribution in [2.75, 3.05) is 44.9 Å². The number of nitrogens with two attached hydrogens (primary N) is 1. The van der Waals surface area contributed by atoms with E-state index in [4.69, 9.17) is 20.2 Å². The zero-order valence-electron chi connectivity index (χ0n) is 41.5. The van der Waals surface area contributed by atoms with E-state index in [-0.39, 0.29) is 39.7 Å². The first kappa shape index (κ1) is 56.4. The van der Waals surface area contributed by atoms with Crippen molar-refractivity contribution in [2.45, 2.75) is 154 Å². The lowest BCUT2D eigenvalue weighted by Gasteiger charge is -2.38. The quantitative estimate of drug-likeness (QED) is 0.199. The first-order chi connectivity index (χ1) is 30.4. The zero-order chi connectivity index (χ0) is 50.1. The van der Waals surface area contributed by atoms with Gasteiger partial charge in [-0.15, -0.1) is 0 Å². The number of nitrogens with one attached hydrogen (secondary N) is 2. The maximum Gasteiger partial charge on any atom is 0.411 e. The van der Waals surface area contributed by atoms with Crippen molar-refractivity contribution < 1.29 is 40.7 Å². The number of nitrogens with zero attached hydrogens (tertiary/aromatic N) is 4. The third-order valence-corrected chi connectivity index (χ3v) is 14.2. The molecule has 6 rings (SSSR count). The number of halogens is 1. The number of benzene rings is 2. The van der Waals surface area contributed by atoms with E-state index in [9.17, 15) is 31.2 Å². The van der Waals surface area contributed by atoms with Crippen molar-refractivity contribution in [1.82, 2.24) is 30.0 Å². The Morgan fingerprint density at radius 1 is 0.833 bits per heavy atom. The highest BCUT2D eigenvalue weighted by atomic mass is 79.9. The second kappa shape index (κ2) is 23.4. The van der Waals surface area contributed by atoms with Crippen LogP contribution in [0.4, 0.5) is 15.3 Å². The number of nitrogen functional groups attached to an aromatic ring is 1. The van der Waals surface area contributed by atoms with E-state index in [1.54, 1.807) is 29.2 Å². The van der Waals surface area contributed by atoms with Crippen molar-refractivity contribution in [3.05, 3.63) is 46.7 Å². The monoisotopic (exact) mass is 1030 g/mol. The Morgan fingerprint density at radius 2 is 1.35 bits per heavy atom. The summed E-state index contributed by atoms with van der Waals surface area (Å²) in [5.74, 6) is 1.82. The lowest BCUT2D eigenvalue weighted by Crippen LogP contribution is -2.59. The molecule has 0 radical (unpaired) electrons. The van der Waals surface area contributed by atoms with E-state index >= 15 is 0 Å². The third-order valence-electron chi connectivity index (χ3n) is 11.3. The SMILES string of the molecule is CC(C)C1C(=O)NCCN1C(=O)OC(C)(C)C.CC(C)C1c2nc3ccc(S(C)(=O)=O)cc3n2CCN1C(=O)OC(C)(C)C.CC[C@H]1CCCC[C@H]1NC.CS(=O)(=O)c1ccc(N)c(Br)c1. The highest BCUT2D eigenvalue weighted by Crippen LogP contribution is 2.36. The van der Waals surface area contributed by atoms with Crippen molar-refractivity contribution in [3.63, 3.8) is 0 Å². The molecule has 1 saturated heterocycles. The molecular weight excluding hydrogens is 951 g/mol. The first-order valence-corrected chi connectivity index (χ1v) is 27.4. The number of sulfone groups is 2. The van der Waals surface area contributed by atoms with E-state index in [0.717, 1.165) is 35.1 Å². The van der Waals surface area contributed by atoms with Crippen LogP contribution in [0.2, 0.25) is 0 Å². The molecule has 3 aliphatic rings. The Hall–Kier alpha value is -3.94. The molecule has 2 fully saturated rings. The van der Waals surface area contributed by atoms with Crippen LogP contribution < -0.4 is 16.4 Å². The molecular formula is C47H76BrN7O9S2. The minimum atomic E-state index is -3.30. The number of ether oxygens (including phenoxy) is 2. The van der Waals surface area contributed by atoms with Gasteiger partial charge in [0.15, 0.2) is 19.7 Å². The number of fused-ring (bicyclic) bond motifs is 3. The average molecular weight is 1030 g/mol. The van der Waals surface area contributed by atoms with E-state index < -0.39 is 43.0 Å². The van der Waals surface area contributed by atoms with Gasteiger partial charge in [0.1, 0.15) is 23.1 Å². The van der Waals surface area contributed by atoms with Gasteiger partial charge in [-0.3, -0.25) is 14.6 Å². The number of carbonyl (C=O) groups is 3. The van der Waals surface area contributed by atoms with Gasteiger partial charge in [-0.1, -0.05) is 53.9 Å². The molecule has 0 spiro atoms. The van der Waals surface area contributed by atoms with Gasteiger partial charge in [0.2, 0.25) is 5.91 Å². The molecule has 2 unspecified atom stereocenters. The van der Waals surface area contributed by atoms with Crippen LogP contribution in [0.3, 0.4) is 0 Å². The Kier molecular flexibility index (Phi) is 20.0. The number of rotatable bonds is 6. The maximum absolute atomic E-state index is 12.7. The summed E-state index contributed by atoms with van der Waals surface area (Å²) in [4.78, 5) is 45.0. The smallest absolute Gasteiger partial charge is 0.411 e. The molecule has 2 aliphatic heterocycles. The van der Waals surface area contributed by atoms with Crippen LogP contribution >= 0.6 is 15.9 Å².